The summed E-state index contributed by atoms with van der Waals surface area (Å²) < 4.78 is 11.1. The van der Waals surface area contributed by atoms with Crippen molar-refractivity contribution < 1.29 is 19.4 Å². The molecule has 0 spiro atoms. The second kappa shape index (κ2) is 6.39. The van der Waals surface area contributed by atoms with Gasteiger partial charge in [-0.3, -0.25) is 0 Å². The van der Waals surface area contributed by atoms with Crippen LogP contribution in [0.2, 0.25) is 0 Å². The quantitative estimate of drug-likeness (QED) is 0.821. The van der Waals surface area contributed by atoms with Crippen LogP contribution in [-0.2, 0) is 4.74 Å². The Hall–Kier alpha value is -2.07. The zero-order valence-electron chi connectivity index (χ0n) is 11.6. The van der Waals surface area contributed by atoms with Gasteiger partial charge in [0.2, 0.25) is 0 Å². The van der Waals surface area contributed by atoms with E-state index in [1.54, 1.807) is 18.2 Å². The second-order valence-corrected chi connectivity index (χ2v) is 4.73. The van der Waals surface area contributed by atoms with Crippen molar-refractivity contribution in [2.24, 2.45) is 0 Å². The number of fused-ring (bicyclic) bond motifs is 1. The number of carbonyl (C=O) groups is 1. The van der Waals surface area contributed by atoms with Crippen molar-refractivity contribution in [3.8, 4) is 5.75 Å². The van der Waals surface area contributed by atoms with Gasteiger partial charge < -0.3 is 14.6 Å². The molecule has 0 saturated carbocycles. The van der Waals surface area contributed by atoms with Crippen molar-refractivity contribution >= 4 is 16.7 Å². The summed E-state index contributed by atoms with van der Waals surface area (Å²) in [4.78, 5) is 11.2. The highest BCUT2D eigenvalue weighted by atomic mass is 16.5. The van der Waals surface area contributed by atoms with Crippen LogP contribution in [0.3, 0.4) is 0 Å². The van der Waals surface area contributed by atoms with Gasteiger partial charge in [0.25, 0.3) is 0 Å². The van der Waals surface area contributed by atoms with E-state index in [0.29, 0.717) is 24.3 Å². The van der Waals surface area contributed by atoms with Gasteiger partial charge >= 0.3 is 5.97 Å². The Labute approximate surface area is 117 Å². The van der Waals surface area contributed by atoms with E-state index in [-0.39, 0.29) is 11.7 Å². The van der Waals surface area contributed by atoms with Gasteiger partial charge in [0, 0.05) is 5.39 Å². The summed E-state index contributed by atoms with van der Waals surface area (Å²) in [6.07, 6.45) is 0.171. The average Bonchev–Trinajstić information content (AvgIpc) is 2.43. The topological polar surface area (TPSA) is 55.8 Å². The van der Waals surface area contributed by atoms with Crippen molar-refractivity contribution in [1.29, 1.82) is 0 Å². The largest absolute Gasteiger partial charge is 0.491 e. The molecule has 0 aliphatic heterocycles. The third-order valence-electron chi connectivity index (χ3n) is 2.91. The zero-order chi connectivity index (χ0) is 14.5. The fourth-order valence-corrected chi connectivity index (χ4v) is 2.02. The third kappa shape index (κ3) is 3.27. The fourth-order valence-electron chi connectivity index (χ4n) is 2.02. The molecule has 1 N–H and O–H groups in total. The van der Waals surface area contributed by atoms with Crippen LogP contribution in [0.15, 0.2) is 36.4 Å². The van der Waals surface area contributed by atoms with Crippen molar-refractivity contribution in [3.63, 3.8) is 0 Å². The van der Waals surface area contributed by atoms with E-state index >= 15 is 0 Å². The lowest BCUT2D eigenvalue weighted by molar-refractivity contribution is 0.0555. The number of carboxylic acids is 1. The van der Waals surface area contributed by atoms with Crippen molar-refractivity contribution in [2.75, 3.05) is 13.2 Å². The number of rotatable bonds is 6. The molecule has 0 aliphatic carbocycles. The molecule has 0 radical (unpaired) electrons. The fraction of sp³-hybridized carbons (Fsp3) is 0.312. The normalized spacial score (nSPS) is 10.9. The molecule has 0 fully saturated rings. The first-order chi connectivity index (χ1) is 9.59. The predicted molar refractivity (Wildman–Crippen MR) is 77.5 cm³/mol. The number of aromatic carboxylic acids is 1. The average molecular weight is 274 g/mol. The Kier molecular flexibility index (Phi) is 4.58. The minimum Gasteiger partial charge on any atom is -0.491 e. The van der Waals surface area contributed by atoms with E-state index in [1.807, 2.05) is 32.0 Å². The molecule has 4 nitrogen and oxygen atoms in total. The van der Waals surface area contributed by atoms with Gasteiger partial charge in [-0.15, -0.1) is 0 Å². The SMILES string of the molecule is CC(C)OCCOc1ccc(C(=O)O)c2ccccc12. The van der Waals surface area contributed by atoms with E-state index in [2.05, 4.69) is 0 Å². The van der Waals surface area contributed by atoms with Gasteiger partial charge in [0.1, 0.15) is 12.4 Å². The Bertz CT molecular complexity index is 604. The van der Waals surface area contributed by atoms with Crippen LogP contribution < -0.4 is 4.74 Å². The molecule has 2 aromatic rings. The summed E-state index contributed by atoms with van der Waals surface area (Å²) in [6, 6.07) is 10.6. The van der Waals surface area contributed by atoms with Crippen LogP contribution in [0.1, 0.15) is 24.2 Å². The van der Waals surface area contributed by atoms with Crippen LogP contribution in [0, 0.1) is 0 Å². The number of carboxylic acid groups (broad SMARTS) is 1. The Morgan fingerprint density at radius 3 is 2.45 bits per heavy atom. The van der Waals surface area contributed by atoms with E-state index in [1.165, 1.54) is 0 Å². The van der Waals surface area contributed by atoms with Crippen LogP contribution in [0.4, 0.5) is 0 Å². The van der Waals surface area contributed by atoms with E-state index in [9.17, 15) is 9.90 Å². The smallest absolute Gasteiger partial charge is 0.336 e. The van der Waals surface area contributed by atoms with Gasteiger partial charge in [-0.25, -0.2) is 4.79 Å². The van der Waals surface area contributed by atoms with E-state index in [0.717, 1.165) is 5.39 Å². The monoisotopic (exact) mass is 274 g/mol. The molecule has 0 aliphatic rings. The first-order valence-corrected chi connectivity index (χ1v) is 6.59. The minimum absolute atomic E-state index is 0.171. The van der Waals surface area contributed by atoms with Crippen molar-refractivity contribution in [2.45, 2.75) is 20.0 Å². The number of ether oxygens (including phenoxy) is 2. The lowest BCUT2D eigenvalue weighted by Crippen LogP contribution is -2.11. The summed E-state index contributed by atoms with van der Waals surface area (Å²) in [6.45, 7) is 4.88. The highest BCUT2D eigenvalue weighted by Gasteiger charge is 2.11. The van der Waals surface area contributed by atoms with E-state index < -0.39 is 5.97 Å². The maximum absolute atomic E-state index is 11.2. The highest BCUT2D eigenvalue weighted by Crippen LogP contribution is 2.28. The van der Waals surface area contributed by atoms with Gasteiger partial charge in [-0.2, -0.15) is 0 Å². The Morgan fingerprint density at radius 2 is 1.80 bits per heavy atom. The van der Waals surface area contributed by atoms with Crippen molar-refractivity contribution in [3.05, 3.63) is 42.0 Å². The Balaban J connectivity index is 2.22. The molecule has 0 aromatic heterocycles. The summed E-state index contributed by atoms with van der Waals surface area (Å²) >= 11 is 0. The van der Waals surface area contributed by atoms with Gasteiger partial charge in [-0.1, -0.05) is 24.3 Å². The Morgan fingerprint density at radius 1 is 1.10 bits per heavy atom. The number of hydrogen-bond acceptors (Lipinski definition) is 3. The molecule has 0 heterocycles. The molecule has 20 heavy (non-hydrogen) atoms. The van der Waals surface area contributed by atoms with Gasteiger partial charge in [0.15, 0.2) is 0 Å². The van der Waals surface area contributed by atoms with Gasteiger partial charge in [0.05, 0.1) is 18.3 Å². The summed E-state index contributed by atoms with van der Waals surface area (Å²) in [5.41, 5.74) is 0.284. The second-order valence-electron chi connectivity index (χ2n) is 4.73. The molecule has 4 heteroatoms. The summed E-state index contributed by atoms with van der Waals surface area (Å²) in [7, 11) is 0. The summed E-state index contributed by atoms with van der Waals surface area (Å²) in [5, 5.41) is 10.7. The molecular formula is C16H18O4. The lowest BCUT2D eigenvalue weighted by Gasteiger charge is -2.12. The first-order valence-electron chi connectivity index (χ1n) is 6.59. The van der Waals surface area contributed by atoms with Crippen LogP contribution >= 0.6 is 0 Å². The van der Waals surface area contributed by atoms with Crippen molar-refractivity contribution in [1.82, 2.24) is 0 Å². The molecule has 0 bridgehead atoms. The molecule has 0 unspecified atom stereocenters. The molecule has 106 valence electrons. The van der Waals surface area contributed by atoms with Crippen LogP contribution in [-0.4, -0.2) is 30.4 Å². The molecule has 0 amide bonds. The highest BCUT2D eigenvalue weighted by molar-refractivity contribution is 6.05. The minimum atomic E-state index is -0.934. The molecular weight excluding hydrogens is 256 g/mol. The standard InChI is InChI=1S/C16H18O4/c1-11(2)19-9-10-20-15-8-7-14(16(17)18)12-5-3-4-6-13(12)15/h3-8,11H,9-10H2,1-2H3,(H,17,18). The van der Waals surface area contributed by atoms with E-state index in [4.69, 9.17) is 9.47 Å². The molecule has 2 aromatic carbocycles. The van der Waals surface area contributed by atoms with Crippen LogP contribution in [0.5, 0.6) is 5.75 Å². The molecule has 0 atom stereocenters. The number of hydrogen-bond donors (Lipinski definition) is 1. The zero-order valence-corrected chi connectivity index (χ0v) is 11.6. The maximum Gasteiger partial charge on any atom is 0.336 e. The summed E-state index contributed by atoms with van der Waals surface area (Å²) in [5.74, 6) is -0.256. The predicted octanol–water partition coefficient (Wildman–Crippen LogP) is 3.34. The first kappa shape index (κ1) is 14.3. The third-order valence-corrected chi connectivity index (χ3v) is 2.91. The molecule has 2 rings (SSSR count). The lowest BCUT2D eigenvalue weighted by atomic mass is 10.0. The van der Waals surface area contributed by atoms with Gasteiger partial charge in [-0.05, 0) is 31.4 Å². The van der Waals surface area contributed by atoms with Crippen LogP contribution in [0.25, 0.3) is 10.8 Å². The number of benzene rings is 2. The molecule has 0 saturated heterocycles. The maximum atomic E-state index is 11.2.